The van der Waals surface area contributed by atoms with Gasteiger partial charge in [-0.15, -0.1) is 0 Å². The molecule has 5 nitrogen and oxygen atoms in total. The number of phenolic OH excluding ortho intramolecular Hbond substituents is 1. The van der Waals surface area contributed by atoms with Crippen LogP contribution in [0.3, 0.4) is 0 Å². The normalized spacial score (nSPS) is 10.7. The second-order valence-electron chi connectivity index (χ2n) is 4.30. The predicted octanol–water partition coefficient (Wildman–Crippen LogP) is 3.42. The summed E-state index contributed by atoms with van der Waals surface area (Å²) in [7, 11) is 0. The third kappa shape index (κ3) is 2.51. The minimum absolute atomic E-state index is 0.109. The first kappa shape index (κ1) is 13.0. The van der Waals surface area contributed by atoms with Crippen LogP contribution < -0.4 is 0 Å². The van der Waals surface area contributed by atoms with Crippen LogP contribution in [0.5, 0.6) is 5.75 Å². The van der Waals surface area contributed by atoms with Crippen molar-refractivity contribution >= 4 is 22.6 Å². The molecule has 0 radical (unpaired) electrons. The van der Waals surface area contributed by atoms with E-state index in [9.17, 15) is 5.11 Å². The number of phenols is 1. The van der Waals surface area contributed by atoms with Crippen molar-refractivity contribution in [3.8, 4) is 28.7 Å². The molecule has 0 fully saturated rings. The van der Waals surface area contributed by atoms with Gasteiger partial charge in [0.2, 0.25) is 5.82 Å². The number of aryl methyl sites for hydroxylation is 1. The van der Waals surface area contributed by atoms with Crippen molar-refractivity contribution in [1.29, 1.82) is 0 Å². The molecule has 2 aromatic heterocycles. The zero-order valence-electron chi connectivity index (χ0n) is 10.5. The molecule has 2 heterocycles. The van der Waals surface area contributed by atoms with Crippen LogP contribution in [0.25, 0.3) is 23.0 Å². The van der Waals surface area contributed by atoms with Gasteiger partial charge in [0.05, 0.1) is 5.56 Å². The molecule has 1 aromatic carbocycles. The number of rotatable bonds is 2. The summed E-state index contributed by atoms with van der Waals surface area (Å²) >= 11 is 2.16. The Morgan fingerprint density at radius 1 is 1.20 bits per heavy atom. The lowest BCUT2D eigenvalue weighted by molar-refractivity contribution is 0.425. The van der Waals surface area contributed by atoms with Crippen molar-refractivity contribution in [2.24, 2.45) is 0 Å². The molecule has 3 rings (SSSR count). The second-order valence-corrected chi connectivity index (χ2v) is 5.55. The van der Waals surface area contributed by atoms with Gasteiger partial charge in [0.1, 0.15) is 11.4 Å². The number of hydrogen-bond donors (Lipinski definition) is 1. The Hall–Kier alpha value is -1.96. The topological polar surface area (TPSA) is 72.0 Å². The van der Waals surface area contributed by atoms with Gasteiger partial charge in [-0.25, -0.2) is 0 Å². The summed E-state index contributed by atoms with van der Waals surface area (Å²) < 4.78 is 6.19. The zero-order chi connectivity index (χ0) is 14.1. The van der Waals surface area contributed by atoms with Gasteiger partial charge in [-0.2, -0.15) is 4.98 Å². The first-order valence-electron chi connectivity index (χ1n) is 5.89. The Labute approximate surface area is 128 Å². The largest absolute Gasteiger partial charge is 0.507 e. The molecule has 0 aliphatic rings. The molecule has 0 saturated heterocycles. The molecule has 0 amide bonds. The Morgan fingerprint density at radius 2 is 2.05 bits per heavy atom. The number of aromatic nitrogens is 3. The highest BCUT2D eigenvalue weighted by Crippen LogP contribution is 2.30. The highest BCUT2D eigenvalue weighted by Gasteiger charge is 2.15. The van der Waals surface area contributed by atoms with E-state index in [4.69, 9.17) is 4.52 Å². The van der Waals surface area contributed by atoms with Gasteiger partial charge in [0.25, 0.3) is 5.89 Å². The van der Waals surface area contributed by atoms with Crippen LogP contribution in [0, 0.1) is 10.5 Å². The zero-order valence-corrected chi connectivity index (χ0v) is 12.7. The van der Waals surface area contributed by atoms with E-state index in [2.05, 4.69) is 37.7 Å². The van der Waals surface area contributed by atoms with E-state index in [0.717, 1.165) is 9.13 Å². The SMILES string of the molecule is Cc1ccnc(-c2noc(-c3cc(I)ccc3O)n2)c1. The second kappa shape index (κ2) is 5.20. The maximum atomic E-state index is 9.87. The van der Waals surface area contributed by atoms with Crippen molar-refractivity contribution in [3.63, 3.8) is 0 Å². The predicted molar refractivity (Wildman–Crippen MR) is 82.1 cm³/mol. The quantitative estimate of drug-likeness (QED) is 0.691. The highest BCUT2D eigenvalue weighted by atomic mass is 127. The molecule has 0 spiro atoms. The van der Waals surface area contributed by atoms with Crippen LogP contribution in [0.2, 0.25) is 0 Å². The van der Waals surface area contributed by atoms with Gasteiger partial charge in [0, 0.05) is 9.77 Å². The van der Waals surface area contributed by atoms with Crippen LogP contribution in [0.1, 0.15) is 5.56 Å². The number of benzene rings is 1. The van der Waals surface area contributed by atoms with Gasteiger partial charge in [0.15, 0.2) is 0 Å². The van der Waals surface area contributed by atoms with Crippen molar-refractivity contribution in [3.05, 3.63) is 45.7 Å². The van der Waals surface area contributed by atoms with Crippen LogP contribution >= 0.6 is 22.6 Å². The number of halogens is 1. The summed E-state index contributed by atoms with van der Waals surface area (Å²) in [6.07, 6.45) is 1.70. The van der Waals surface area contributed by atoms with Crippen LogP contribution in [0.15, 0.2) is 41.1 Å². The lowest BCUT2D eigenvalue weighted by Crippen LogP contribution is -1.86. The fraction of sp³-hybridized carbons (Fsp3) is 0.0714. The molecular weight excluding hydrogens is 369 g/mol. The number of hydrogen-bond acceptors (Lipinski definition) is 5. The Morgan fingerprint density at radius 3 is 2.85 bits per heavy atom. The molecule has 0 aliphatic carbocycles. The van der Waals surface area contributed by atoms with Crippen molar-refractivity contribution in [2.45, 2.75) is 6.92 Å². The molecule has 6 heteroatoms. The average molecular weight is 379 g/mol. The van der Waals surface area contributed by atoms with Gasteiger partial charge in [-0.05, 0) is 65.4 Å². The summed E-state index contributed by atoms with van der Waals surface area (Å²) in [4.78, 5) is 8.50. The summed E-state index contributed by atoms with van der Waals surface area (Å²) in [5, 5.41) is 13.8. The maximum absolute atomic E-state index is 9.87. The van der Waals surface area contributed by atoms with Crippen molar-refractivity contribution < 1.29 is 9.63 Å². The minimum atomic E-state index is 0.109. The number of pyridine rings is 1. The van der Waals surface area contributed by atoms with Gasteiger partial charge in [-0.1, -0.05) is 5.16 Å². The third-order valence-corrected chi connectivity index (χ3v) is 3.43. The first-order valence-corrected chi connectivity index (χ1v) is 6.97. The van der Waals surface area contributed by atoms with E-state index >= 15 is 0 Å². The molecule has 3 aromatic rings. The Bertz CT molecular complexity index is 771. The number of aromatic hydroxyl groups is 1. The highest BCUT2D eigenvalue weighted by molar-refractivity contribution is 14.1. The van der Waals surface area contributed by atoms with E-state index in [0.29, 0.717) is 17.1 Å². The maximum Gasteiger partial charge on any atom is 0.262 e. The smallest absolute Gasteiger partial charge is 0.262 e. The summed E-state index contributed by atoms with van der Waals surface area (Å²) in [5.41, 5.74) is 2.23. The molecular formula is C14H10IN3O2. The monoisotopic (exact) mass is 379 g/mol. The van der Waals surface area contributed by atoms with E-state index in [1.807, 2.05) is 19.1 Å². The fourth-order valence-corrected chi connectivity index (χ4v) is 2.27. The fourth-order valence-electron chi connectivity index (χ4n) is 1.77. The Kier molecular flexibility index (Phi) is 3.39. The van der Waals surface area contributed by atoms with Crippen molar-refractivity contribution in [2.75, 3.05) is 0 Å². The van der Waals surface area contributed by atoms with Gasteiger partial charge < -0.3 is 9.63 Å². The Balaban J connectivity index is 2.04. The van der Waals surface area contributed by atoms with E-state index in [1.165, 1.54) is 0 Å². The molecule has 0 aliphatic heterocycles. The molecule has 0 atom stereocenters. The average Bonchev–Trinajstić information content (AvgIpc) is 2.91. The van der Waals surface area contributed by atoms with Gasteiger partial charge >= 0.3 is 0 Å². The summed E-state index contributed by atoms with van der Waals surface area (Å²) in [6.45, 7) is 1.97. The molecule has 100 valence electrons. The van der Waals surface area contributed by atoms with Crippen LogP contribution in [-0.2, 0) is 0 Å². The number of nitrogens with zero attached hydrogens (tertiary/aromatic N) is 3. The van der Waals surface area contributed by atoms with E-state index < -0.39 is 0 Å². The third-order valence-electron chi connectivity index (χ3n) is 2.76. The molecule has 0 bridgehead atoms. The molecule has 20 heavy (non-hydrogen) atoms. The molecule has 1 N–H and O–H groups in total. The molecule has 0 saturated carbocycles. The lowest BCUT2D eigenvalue weighted by atomic mass is 10.2. The molecule has 0 unspecified atom stereocenters. The van der Waals surface area contributed by atoms with Crippen molar-refractivity contribution in [1.82, 2.24) is 15.1 Å². The first-order chi connectivity index (χ1) is 9.63. The van der Waals surface area contributed by atoms with Crippen LogP contribution in [0.4, 0.5) is 0 Å². The lowest BCUT2D eigenvalue weighted by Gasteiger charge is -1.99. The van der Waals surface area contributed by atoms with E-state index in [-0.39, 0.29) is 11.6 Å². The van der Waals surface area contributed by atoms with E-state index in [1.54, 1.807) is 24.4 Å². The summed E-state index contributed by atoms with van der Waals surface area (Å²) in [6, 6.07) is 8.97. The van der Waals surface area contributed by atoms with Crippen LogP contribution in [-0.4, -0.2) is 20.2 Å². The standard InChI is InChI=1S/C14H10IN3O2/c1-8-4-5-16-11(6-8)13-17-14(20-18-13)10-7-9(15)2-3-12(10)19/h2-7,19H,1H3. The van der Waals surface area contributed by atoms with Gasteiger partial charge in [-0.3, -0.25) is 4.98 Å². The minimum Gasteiger partial charge on any atom is -0.507 e. The summed E-state index contributed by atoms with van der Waals surface area (Å²) in [5.74, 6) is 0.791.